The molecule has 0 spiro atoms. The molecule has 5 heteroatoms. The largest absolute Gasteiger partial charge is 0.503 e. The van der Waals surface area contributed by atoms with E-state index < -0.39 is 17.7 Å². The van der Waals surface area contributed by atoms with Gasteiger partial charge in [0, 0.05) is 18.9 Å². The number of carbonyl (C=O) groups excluding carboxylic acids is 2. The van der Waals surface area contributed by atoms with Gasteiger partial charge in [-0.05, 0) is 24.1 Å². The minimum Gasteiger partial charge on any atom is -0.503 e. The fourth-order valence-corrected chi connectivity index (χ4v) is 2.84. The fourth-order valence-electron chi connectivity index (χ4n) is 2.84. The lowest BCUT2D eigenvalue weighted by Gasteiger charge is -2.26. The second kappa shape index (κ2) is 6.04. The predicted octanol–water partition coefficient (Wildman–Crippen LogP) is 2.57. The molecule has 1 aliphatic rings. The lowest BCUT2D eigenvalue weighted by atomic mass is 9.98. The van der Waals surface area contributed by atoms with Crippen molar-refractivity contribution in [2.45, 2.75) is 19.5 Å². The molecule has 5 nitrogen and oxygen atoms in total. The van der Waals surface area contributed by atoms with E-state index in [0.717, 1.165) is 5.56 Å². The van der Waals surface area contributed by atoms with Crippen LogP contribution in [0.5, 0.6) is 0 Å². The van der Waals surface area contributed by atoms with E-state index in [4.69, 9.17) is 0 Å². The Labute approximate surface area is 133 Å². The number of rotatable bonds is 4. The van der Waals surface area contributed by atoms with E-state index >= 15 is 0 Å². The number of aliphatic hydroxyl groups excluding tert-OH is 1. The summed E-state index contributed by atoms with van der Waals surface area (Å²) < 4.78 is 0. The summed E-state index contributed by atoms with van der Waals surface area (Å²) in [6, 6.07) is 12.4. The molecule has 116 valence electrons. The molecule has 3 rings (SSSR count). The van der Waals surface area contributed by atoms with Gasteiger partial charge in [-0.3, -0.25) is 14.6 Å². The van der Waals surface area contributed by atoms with E-state index in [1.807, 2.05) is 30.3 Å². The maximum atomic E-state index is 12.5. The zero-order chi connectivity index (χ0) is 16.4. The van der Waals surface area contributed by atoms with E-state index in [2.05, 4.69) is 4.98 Å². The van der Waals surface area contributed by atoms with Crippen LogP contribution in [-0.2, 0) is 16.1 Å². The van der Waals surface area contributed by atoms with E-state index in [-0.39, 0.29) is 11.4 Å². The molecule has 1 atom stereocenters. The third-order valence-electron chi connectivity index (χ3n) is 3.88. The van der Waals surface area contributed by atoms with Crippen molar-refractivity contribution in [2.24, 2.45) is 0 Å². The maximum Gasteiger partial charge on any atom is 0.290 e. The second-order valence-corrected chi connectivity index (χ2v) is 5.43. The molecule has 0 saturated heterocycles. The molecule has 0 saturated carbocycles. The van der Waals surface area contributed by atoms with Crippen molar-refractivity contribution in [3.05, 3.63) is 77.3 Å². The molecule has 0 fully saturated rings. The number of hydrogen-bond donors (Lipinski definition) is 1. The number of pyridine rings is 1. The van der Waals surface area contributed by atoms with Gasteiger partial charge in [-0.25, -0.2) is 0 Å². The van der Waals surface area contributed by atoms with Crippen LogP contribution in [0.2, 0.25) is 0 Å². The van der Waals surface area contributed by atoms with E-state index in [0.29, 0.717) is 12.1 Å². The topological polar surface area (TPSA) is 70.5 Å². The fraction of sp³-hybridized carbons (Fsp3) is 0.167. The summed E-state index contributed by atoms with van der Waals surface area (Å²) in [5, 5.41) is 10.2. The summed E-state index contributed by atoms with van der Waals surface area (Å²) in [6.45, 7) is 1.66. The number of carbonyl (C=O) groups is 2. The number of aliphatic hydroxyl groups is 1. The first-order valence-electron chi connectivity index (χ1n) is 7.28. The van der Waals surface area contributed by atoms with Gasteiger partial charge < -0.3 is 10.0 Å². The van der Waals surface area contributed by atoms with Gasteiger partial charge in [-0.1, -0.05) is 36.4 Å². The van der Waals surface area contributed by atoms with Crippen molar-refractivity contribution >= 4 is 11.7 Å². The number of benzene rings is 1. The quantitative estimate of drug-likeness (QED) is 0.942. The number of aromatic nitrogens is 1. The highest BCUT2D eigenvalue weighted by molar-refractivity contribution is 6.08. The highest BCUT2D eigenvalue weighted by Gasteiger charge is 2.42. The van der Waals surface area contributed by atoms with Gasteiger partial charge in [0.05, 0.1) is 11.6 Å². The summed E-state index contributed by atoms with van der Waals surface area (Å²) in [5.41, 5.74) is 1.75. The molecule has 0 radical (unpaired) electrons. The van der Waals surface area contributed by atoms with Gasteiger partial charge in [0.25, 0.3) is 5.91 Å². The third kappa shape index (κ3) is 2.73. The molecule has 23 heavy (non-hydrogen) atoms. The number of Topliss-reactive ketones (excluding diaryl/α,β-unsaturated/α-hetero) is 1. The molecule has 0 aliphatic carbocycles. The monoisotopic (exact) mass is 308 g/mol. The van der Waals surface area contributed by atoms with E-state index in [9.17, 15) is 14.7 Å². The summed E-state index contributed by atoms with van der Waals surface area (Å²) in [6.07, 6.45) is 3.23. The predicted molar refractivity (Wildman–Crippen MR) is 84.3 cm³/mol. The Kier molecular flexibility index (Phi) is 3.93. The minimum absolute atomic E-state index is 0.124. The second-order valence-electron chi connectivity index (χ2n) is 5.43. The van der Waals surface area contributed by atoms with Gasteiger partial charge in [0.2, 0.25) is 0 Å². The first-order valence-corrected chi connectivity index (χ1v) is 7.28. The van der Waals surface area contributed by atoms with Crippen LogP contribution >= 0.6 is 0 Å². The standard InChI is InChI=1S/C18H16N2O3/c1-12(21)15-16(14-8-5-9-19-10-14)20(18(23)17(15)22)11-13-6-3-2-4-7-13/h2-10,16,22H,11H2,1H3. The normalized spacial score (nSPS) is 17.7. The smallest absolute Gasteiger partial charge is 0.290 e. The Morgan fingerprint density at radius 1 is 1.22 bits per heavy atom. The van der Waals surface area contributed by atoms with Gasteiger partial charge in [0.1, 0.15) is 0 Å². The zero-order valence-electron chi connectivity index (χ0n) is 12.6. The van der Waals surface area contributed by atoms with Crippen LogP contribution in [0.1, 0.15) is 24.1 Å². The van der Waals surface area contributed by atoms with Crippen LogP contribution in [0.3, 0.4) is 0 Å². The molecule has 1 unspecified atom stereocenters. The van der Waals surface area contributed by atoms with Crippen molar-refractivity contribution in [1.82, 2.24) is 9.88 Å². The SMILES string of the molecule is CC(=O)C1=C(O)C(=O)N(Cc2ccccc2)C1c1cccnc1. The molecular formula is C18H16N2O3. The Hall–Kier alpha value is -2.95. The molecule has 2 aromatic rings. The van der Waals surface area contributed by atoms with Crippen LogP contribution < -0.4 is 0 Å². The van der Waals surface area contributed by atoms with Gasteiger partial charge in [-0.15, -0.1) is 0 Å². The number of amides is 1. The van der Waals surface area contributed by atoms with Crippen LogP contribution in [0, 0.1) is 0 Å². The van der Waals surface area contributed by atoms with E-state index in [1.54, 1.807) is 24.5 Å². The summed E-state index contributed by atoms with van der Waals surface area (Å²) >= 11 is 0. The third-order valence-corrected chi connectivity index (χ3v) is 3.88. The van der Waals surface area contributed by atoms with Gasteiger partial charge in [0.15, 0.2) is 11.5 Å². The highest BCUT2D eigenvalue weighted by atomic mass is 16.3. The lowest BCUT2D eigenvalue weighted by Crippen LogP contribution is -2.30. The van der Waals surface area contributed by atoms with Gasteiger partial charge >= 0.3 is 0 Å². The summed E-state index contributed by atoms with van der Waals surface area (Å²) in [4.78, 5) is 30.0. The molecule has 2 heterocycles. The molecular weight excluding hydrogens is 292 g/mol. The van der Waals surface area contributed by atoms with Crippen LogP contribution in [0.25, 0.3) is 0 Å². The molecule has 1 aliphatic heterocycles. The number of nitrogens with zero attached hydrogens (tertiary/aromatic N) is 2. The zero-order valence-corrected chi connectivity index (χ0v) is 12.6. The average Bonchev–Trinajstić information content (AvgIpc) is 2.82. The number of ketones is 1. The minimum atomic E-state index is -0.617. The Morgan fingerprint density at radius 3 is 2.57 bits per heavy atom. The number of hydrogen-bond acceptors (Lipinski definition) is 4. The first kappa shape index (κ1) is 15.0. The molecule has 1 aromatic carbocycles. The first-order chi connectivity index (χ1) is 11.1. The van der Waals surface area contributed by atoms with Crippen LogP contribution in [-0.4, -0.2) is 26.7 Å². The summed E-state index contributed by atoms with van der Waals surface area (Å²) in [5.74, 6) is -1.32. The average molecular weight is 308 g/mol. The summed E-state index contributed by atoms with van der Waals surface area (Å²) in [7, 11) is 0. The Balaban J connectivity index is 2.04. The van der Waals surface area contributed by atoms with Crippen molar-refractivity contribution in [1.29, 1.82) is 0 Å². The van der Waals surface area contributed by atoms with Crippen molar-refractivity contribution in [2.75, 3.05) is 0 Å². The highest BCUT2D eigenvalue weighted by Crippen LogP contribution is 2.38. The molecule has 1 amide bonds. The molecule has 1 N–H and O–H groups in total. The Morgan fingerprint density at radius 2 is 1.96 bits per heavy atom. The maximum absolute atomic E-state index is 12.5. The van der Waals surface area contributed by atoms with Gasteiger partial charge in [-0.2, -0.15) is 0 Å². The molecule has 0 bridgehead atoms. The molecule has 1 aromatic heterocycles. The van der Waals surface area contributed by atoms with E-state index in [1.165, 1.54) is 11.8 Å². The van der Waals surface area contributed by atoms with Crippen LogP contribution in [0.15, 0.2) is 66.2 Å². The van der Waals surface area contributed by atoms with Crippen molar-refractivity contribution < 1.29 is 14.7 Å². The lowest BCUT2D eigenvalue weighted by molar-refractivity contribution is -0.130. The van der Waals surface area contributed by atoms with Crippen LogP contribution in [0.4, 0.5) is 0 Å². The Bertz CT molecular complexity index is 769. The van der Waals surface area contributed by atoms with Crippen molar-refractivity contribution in [3.8, 4) is 0 Å². The van der Waals surface area contributed by atoms with Crippen molar-refractivity contribution in [3.63, 3.8) is 0 Å².